The summed E-state index contributed by atoms with van der Waals surface area (Å²) >= 11 is 0. The average molecular weight is 326 g/mol. The van der Waals surface area contributed by atoms with Crippen LogP contribution in [0.15, 0.2) is 53.2 Å². The highest BCUT2D eigenvalue weighted by molar-refractivity contribution is 6.14. The third kappa shape index (κ3) is 3.05. The zero-order chi connectivity index (χ0) is 17.3. The fourth-order valence-corrected chi connectivity index (χ4v) is 2.26. The number of ether oxygens (including phenoxy) is 1. The highest BCUT2D eigenvalue weighted by Gasteiger charge is 2.29. The van der Waals surface area contributed by atoms with E-state index in [-0.39, 0.29) is 22.8 Å². The number of carbonyl (C=O) groups is 1. The zero-order valence-corrected chi connectivity index (χ0v) is 12.5. The van der Waals surface area contributed by atoms with E-state index < -0.39 is 16.7 Å². The number of aliphatic imine (C=N–C) groups is 1. The Labute approximate surface area is 136 Å². The summed E-state index contributed by atoms with van der Waals surface area (Å²) in [5, 5.41) is 11.1. The minimum atomic E-state index is -0.745. The lowest BCUT2D eigenvalue weighted by Gasteiger charge is -2.02. The average Bonchev–Trinajstić information content (AvgIpc) is 2.88. The second-order valence-electron chi connectivity index (χ2n) is 5.17. The van der Waals surface area contributed by atoms with Gasteiger partial charge in [-0.05, 0) is 42.3 Å². The number of rotatable bonds is 3. The van der Waals surface area contributed by atoms with Crippen LogP contribution in [0.3, 0.4) is 0 Å². The largest absolute Gasteiger partial charge is 0.402 e. The standard InChI is InChI=1S/C17H11FN2O4/c1-10-5-6-15(20(22)23)13(7-10)16-19-14(17(21)24-16)9-11-3-2-4-12(18)8-11/h2-9H,1H3/b14-9+. The Kier molecular flexibility index (Phi) is 3.91. The first-order valence-electron chi connectivity index (χ1n) is 6.97. The first kappa shape index (κ1) is 15.5. The maximum atomic E-state index is 13.2. The van der Waals surface area contributed by atoms with Gasteiger partial charge in [-0.2, -0.15) is 0 Å². The Morgan fingerprint density at radius 1 is 1.25 bits per heavy atom. The van der Waals surface area contributed by atoms with Gasteiger partial charge in [-0.1, -0.05) is 18.2 Å². The Bertz CT molecular complexity index is 919. The predicted molar refractivity (Wildman–Crippen MR) is 84.8 cm³/mol. The molecule has 0 aliphatic carbocycles. The van der Waals surface area contributed by atoms with Gasteiger partial charge >= 0.3 is 5.97 Å². The number of benzene rings is 2. The fourth-order valence-electron chi connectivity index (χ4n) is 2.26. The van der Waals surface area contributed by atoms with Crippen molar-refractivity contribution in [1.82, 2.24) is 0 Å². The predicted octanol–water partition coefficient (Wildman–Crippen LogP) is 3.39. The maximum absolute atomic E-state index is 13.2. The van der Waals surface area contributed by atoms with Crippen molar-refractivity contribution in [3.63, 3.8) is 0 Å². The summed E-state index contributed by atoms with van der Waals surface area (Å²) in [6.07, 6.45) is 1.36. The quantitative estimate of drug-likeness (QED) is 0.375. The second-order valence-corrected chi connectivity index (χ2v) is 5.17. The van der Waals surface area contributed by atoms with Gasteiger partial charge in [0, 0.05) is 6.07 Å². The first-order valence-corrected chi connectivity index (χ1v) is 6.97. The van der Waals surface area contributed by atoms with Gasteiger partial charge in [0.05, 0.1) is 4.92 Å². The Morgan fingerprint density at radius 3 is 2.75 bits per heavy atom. The van der Waals surface area contributed by atoms with Crippen molar-refractivity contribution in [3.05, 3.63) is 80.8 Å². The van der Waals surface area contributed by atoms with Crippen molar-refractivity contribution in [2.75, 3.05) is 0 Å². The number of nitrogens with zero attached hydrogens (tertiary/aromatic N) is 2. The Morgan fingerprint density at radius 2 is 2.04 bits per heavy atom. The van der Waals surface area contributed by atoms with Crippen LogP contribution in [0.5, 0.6) is 0 Å². The zero-order valence-electron chi connectivity index (χ0n) is 12.5. The molecule has 0 unspecified atom stereocenters. The van der Waals surface area contributed by atoms with Crippen LogP contribution >= 0.6 is 0 Å². The van der Waals surface area contributed by atoms with E-state index >= 15 is 0 Å². The molecule has 2 aromatic carbocycles. The molecule has 120 valence electrons. The number of aryl methyl sites for hydroxylation is 1. The molecular formula is C17H11FN2O4. The van der Waals surface area contributed by atoms with E-state index in [0.717, 1.165) is 5.56 Å². The molecule has 0 amide bonds. The summed E-state index contributed by atoms with van der Waals surface area (Å²) in [6.45, 7) is 1.76. The summed E-state index contributed by atoms with van der Waals surface area (Å²) in [5.74, 6) is -1.34. The molecule has 3 rings (SSSR count). The molecule has 1 aliphatic rings. The van der Waals surface area contributed by atoms with Gasteiger partial charge in [0.25, 0.3) is 5.69 Å². The van der Waals surface area contributed by atoms with Crippen molar-refractivity contribution in [2.24, 2.45) is 4.99 Å². The number of hydrogen-bond donors (Lipinski definition) is 0. The molecular weight excluding hydrogens is 315 g/mol. The van der Waals surface area contributed by atoms with Crippen LogP contribution < -0.4 is 0 Å². The second kappa shape index (κ2) is 6.04. The maximum Gasteiger partial charge on any atom is 0.363 e. The van der Waals surface area contributed by atoms with E-state index in [0.29, 0.717) is 5.56 Å². The van der Waals surface area contributed by atoms with Gasteiger partial charge in [0.2, 0.25) is 5.90 Å². The molecule has 0 aromatic heterocycles. The van der Waals surface area contributed by atoms with E-state index in [2.05, 4.69) is 4.99 Å². The van der Waals surface area contributed by atoms with E-state index in [1.807, 2.05) is 0 Å². The SMILES string of the molecule is Cc1ccc([N+](=O)[O-])c(C2=N/C(=C/c3cccc(F)c3)C(=O)O2)c1. The Balaban J connectivity index is 2.04. The molecule has 0 fully saturated rings. The topological polar surface area (TPSA) is 81.8 Å². The van der Waals surface area contributed by atoms with Gasteiger partial charge in [-0.15, -0.1) is 0 Å². The minimum absolute atomic E-state index is 0.0496. The monoisotopic (exact) mass is 326 g/mol. The van der Waals surface area contributed by atoms with Crippen molar-refractivity contribution < 1.29 is 18.8 Å². The van der Waals surface area contributed by atoms with Gasteiger partial charge < -0.3 is 4.74 Å². The third-order valence-electron chi connectivity index (χ3n) is 3.35. The van der Waals surface area contributed by atoms with Crippen LogP contribution in [0.25, 0.3) is 6.08 Å². The first-order chi connectivity index (χ1) is 11.4. The number of nitro groups is 1. The summed E-state index contributed by atoms with van der Waals surface area (Å²) in [7, 11) is 0. The lowest BCUT2D eigenvalue weighted by atomic mass is 10.1. The van der Waals surface area contributed by atoms with Crippen LogP contribution in [0, 0.1) is 22.9 Å². The lowest BCUT2D eigenvalue weighted by molar-refractivity contribution is -0.385. The molecule has 0 atom stereocenters. The molecule has 6 nitrogen and oxygen atoms in total. The molecule has 1 aliphatic heterocycles. The van der Waals surface area contributed by atoms with Gasteiger partial charge in [-0.3, -0.25) is 10.1 Å². The van der Waals surface area contributed by atoms with Crippen molar-refractivity contribution >= 4 is 23.6 Å². The van der Waals surface area contributed by atoms with Crippen molar-refractivity contribution in [2.45, 2.75) is 6.92 Å². The number of hydrogen-bond acceptors (Lipinski definition) is 5. The smallest absolute Gasteiger partial charge is 0.363 e. The summed E-state index contributed by atoms with van der Waals surface area (Å²) in [5.41, 5.74) is 1.06. The number of nitro benzene ring substituents is 1. The van der Waals surface area contributed by atoms with Crippen LogP contribution in [-0.4, -0.2) is 16.8 Å². The van der Waals surface area contributed by atoms with Gasteiger partial charge in [-0.25, -0.2) is 14.2 Å². The van der Waals surface area contributed by atoms with E-state index in [1.54, 1.807) is 19.1 Å². The highest BCUT2D eigenvalue weighted by Crippen LogP contribution is 2.26. The number of carbonyl (C=O) groups excluding carboxylic acids is 1. The molecule has 0 bridgehead atoms. The van der Waals surface area contributed by atoms with E-state index in [1.165, 1.54) is 36.4 Å². The molecule has 0 saturated heterocycles. The normalized spacial score (nSPS) is 15.3. The summed E-state index contributed by atoms with van der Waals surface area (Å²) < 4.78 is 18.3. The lowest BCUT2D eigenvalue weighted by Crippen LogP contribution is -2.08. The Hall–Kier alpha value is -3.35. The third-order valence-corrected chi connectivity index (χ3v) is 3.35. The molecule has 0 saturated carbocycles. The fraction of sp³-hybridized carbons (Fsp3) is 0.0588. The van der Waals surface area contributed by atoms with Crippen molar-refractivity contribution in [1.29, 1.82) is 0 Å². The number of cyclic esters (lactones) is 1. The molecule has 1 heterocycles. The molecule has 2 aromatic rings. The highest BCUT2D eigenvalue weighted by atomic mass is 19.1. The van der Waals surface area contributed by atoms with Crippen LogP contribution in [0.2, 0.25) is 0 Å². The van der Waals surface area contributed by atoms with E-state index in [4.69, 9.17) is 4.74 Å². The van der Waals surface area contributed by atoms with Gasteiger partial charge in [0.15, 0.2) is 5.70 Å². The molecule has 7 heteroatoms. The van der Waals surface area contributed by atoms with E-state index in [9.17, 15) is 19.3 Å². The number of halogens is 1. The molecule has 0 N–H and O–H groups in total. The summed E-state index contributed by atoms with van der Waals surface area (Å²) in [4.78, 5) is 26.5. The minimum Gasteiger partial charge on any atom is -0.402 e. The molecule has 24 heavy (non-hydrogen) atoms. The molecule has 0 radical (unpaired) electrons. The number of esters is 1. The van der Waals surface area contributed by atoms with Crippen molar-refractivity contribution in [3.8, 4) is 0 Å². The van der Waals surface area contributed by atoms with Gasteiger partial charge in [0.1, 0.15) is 11.4 Å². The van der Waals surface area contributed by atoms with Crippen LogP contribution in [0.1, 0.15) is 16.7 Å². The molecule has 0 spiro atoms. The van der Waals surface area contributed by atoms with Crippen LogP contribution in [0.4, 0.5) is 10.1 Å². The van der Waals surface area contributed by atoms with Crippen LogP contribution in [-0.2, 0) is 9.53 Å². The summed E-state index contributed by atoms with van der Waals surface area (Å²) in [6, 6.07) is 10.1.